The van der Waals surface area contributed by atoms with Crippen LogP contribution in [0.3, 0.4) is 0 Å². The van der Waals surface area contributed by atoms with E-state index in [-0.39, 0.29) is 5.91 Å². The molecular formula is C18H18N2O3. The summed E-state index contributed by atoms with van der Waals surface area (Å²) >= 11 is 0. The topological polar surface area (TPSA) is 62.6 Å². The number of nitrogens with zero attached hydrogens (tertiary/aromatic N) is 2. The first kappa shape index (κ1) is 16.4. The van der Waals surface area contributed by atoms with Crippen molar-refractivity contribution in [3.05, 3.63) is 59.2 Å². The van der Waals surface area contributed by atoms with Crippen LogP contribution in [0.5, 0.6) is 11.5 Å². The van der Waals surface area contributed by atoms with Crippen LogP contribution in [0.1, 0.15) is 21.5 Å². The van der Waals surface area contributed by atoms with Crippen LogP contribution in [0.4, 0.5) is 0 Å². The molecule has 0 aromatic heterocycles. The van der Waals surface area contributed by atoms with E-state index in [4.69, 9.17) is 14.7 Å². The average Bonchev–Trinajstić information content (AvgIpc) is 2.60. The third-order valence-electron chi connectivity index (χ3n) is 3.48. The van der Waals surface area contributed by atoms with E-state index in [0.29, 0.717) is 29.2 Å². The Hall–Kier alpha value is -3.00. The number of ether oxygens (including phenoxy) is 2. The van der Waals surface area contributed by atoms with Crippen molar-refractivity contribution in [2.24, 2.45) is 0 Å². The highest BCUT2D eigenvalue weighted by Gasteiger charge is 2.16. The SMILES string of the molecule is COc1cccc(CN(C)C(=O)c2cccc(C#N)c2)c1OC. The molecule has 1 amide bonds. The van der Waals surface area contributed by atoms with Gasteiger partial charge in [0.1, 0.15) is 0 Å². The molecule has 0 fully saturated rings. The second-order valence-electron chi connectivity index (χ2n) is 5.01. The third kappa shape index (κ3) is 3.61. The minimum absolute atomic E-state index is 0.160. The molecule has 0 atom stereocenters. The lowest BCUT2D eigenvalue weighted by Crippen LogP contribution is -2.26. The number of benzene rings is 2. The maximum Gasteiger partial charge on any atom is 0.253 e. The maximum atomic E-state index is 12.5. The molecule has 0 unspecified atom stereocenters. The molecule has 0 aliphatic heterocycles. The predicted molar refractivity (Wildman–Crippen MR) is 86.5 cm³/mol. The molecule has 0 spiro atoms. The van der Waals surface area contributed by atoms with E-state index < -0.39 is 0 Å². The smallest absolute Gasteiger partial charge is 0.253 e. The summed E-state index contributed by atoms with van der Waals surface area (Å²) in [4.78, 5) is 14.1. The highest BCUT2D eigenvalue weighted by molar-refractivity contribution is 5.94. The summed E-state index contributed by atoms with van der Waals surface area (Å²) < 4.78 is 10.7. The summed E-state index contributed by atoms with van der Waals surface area (Å²) in [6, 6.07) is 14.2. The number of amides is 1. The predicted octanol–water partition coefficient (Wildman–Crippen LogP) is 2.85. The minimum atomic E-state index is -0.160. The van der Waals surface area contributed by atoms with Crippen molar-refractivity contribution < 1.29 is 14.3 Å². The standard InChI is InChI=1S/C18H18N2O3/c1-20(18(21)14-7-4-6-13(10-14)11-19)12-15-8-5-9-16(22-2)17(15)23-3/h4-10H,12H2,1-3H3. The zero-order valence-electron chi connectivity index (χ0n) is 13.4. The van der Waals surface area contributed by atoms with Gasteiger partial charge in [-0.05, 0) is 24.3 Å². The molecule has 0 heterocycles. The number of methoxy groups -OCH3 is 2. The summed E-state index contributed by atoms with van der Waals surface area (Å²) in [6.45, 7) is 0.371. The summed E-state index contributed by atoms with van der Waals surface area (Å²) in [7, 11) is 4.85. The molecule has 0 N–H and O–H groups in total. The molecule has 5 heteroatoms. The molecule has 5 nitrogen and oxygen atoms in total. The molecule has 2 rings (SSSR count). The van der Waals surface area contributed by atoms with Crippen LogP contribution in [0.25, 0.3) is 0 Å². The molecule has 23 heavy (non-hydrogen) atoms. The Bertz CT molecular complexity index is 750. The molecule has 0 radical (unpaired) electrons. The summed E-state index contributed by atoms with van der Waals surface area (Å²) in [5.41, 5.74) is 1.79. The molecule has 0 saturated heterocycles. The largest absolute Gasteiger partial charge is 0.493 e. The molecule has 0 saturated carbocycles. The number of nitriles is 1. The Morgan fingerprint density at radius 2 is 1.91 bits per heavy atom. The van der Waals surface area contributed by atoms with Crippen molar-refractivity contribution in [2.75, 3.05) is 21.3 Å². The van der Waals surface area contributed by atoms with Crippen molar-refractivity contribution in [3.8, 4) is 17.6 Å². The quantitative estimate of drug-likeness (QED) is 0.852. The van der Waals surface area contributed by atoms with Gasteiger partial charge in [0.05, 0.1) is 25.9 Å². The normalized spacial score (nSPS) is 9.83. The van der Waals surface area contributed by atoms with E-state index in [9.17, 15) is 4.79 Å². The van der Waals surface area contributed by atoms with Gasteiger partial charge in [-0.15, -0.1) is 0 Å². The minimum Gasteiger partial charge on any atom is -0.493 e. The Labute approximate surface area is 135 Å². The second-order valence-corrected chi connectivity index (χ2v) is 5.01. The van der Waals surface area contributed by atoms with Crippen LogP contribution in [0.2, 0.25) is 0 Å². The highest BCUT2D eigenvalue weighted by Crippen LogP contribution is 2.31. The van der Waals surface area contributed by atoms with Gasteiger partial charge in [-0.25, -0.2) is 0 Å². The number of carbonyl (C=O) groups excluding carboxylic acids is 1. The third-order valence-corrected chi connectivity index (χ3v) is 3.48. The lowest BCUT2D eigenvalue weighted by atomic mass is 10.1. The van der Waals surface area contributed by atoms with Crippen LogP contribution >= 0.6 is 0 Å². The van der Waals surface area contributed by atoms with Gasteiger partial charge in [-0.3, -0.25) is 4.79 Å². The Morgan fingerprint density at radius 3 is 2.57 bits per heavy atom. The lowest BCUT2D eigenvalue weighted by molar-refractivity contribution is 0.0784. The van der Waals surface area contributed by atoms with Crippen molar-refractivity contribution in [1.29, 1.82) is 5.26 Å². The lowest BCUT2D eigenvalue weighted by Gasteiger charge is -2.20. The van der Waals surface area contributed by atoms with Crippen LogP contribution < -0.4 is 9.47 Å². The number of hydrogen-bond donors (Lipinski definition) is 0. The summed E-state index contributed by atoms with van der Waals surface area (Å²) in [5.74, 6) is 1.07. The summed E-state index contributed by atoms with van der Waals surface area (Å²) in [6.07, 6.45) is 0. The first-order valence-electron chi connectivity index (χ1n) is 7.06. The van der Waals surface area contributed by atoms with Crippen molar-refractivity contribution in [1.82, 2.24) is 4.90 Å². The van der Waals surface area contributed by atoms with Gasteiger partial charge >= 0.3 is 0 Å². The van der Waals surface area contributed by atoms with Crippen LogP contribution in [-0.2, 0) is 6.54 Å². The molecule has 0 aliphatic rings. The fraction of sp³-hybridized carbons (Fsp3) is 0.222. The summed E-state index contributed by atoms with van der Waals surface area (Å²) in [5, 5.41) is 8.94. The molecule has 0 aliphatic carbocycles. The zero-order valence-corrected chi connectivity index (χ0v) is 13.4. The monoisotopic (exact) mass is 310 g/mol. The number of hydrogen-bond acceptors (Lipinski definition) is 4. The maximum absolute atomic E-state index is 12.5. The van der Waals surface area contributed by atoms with Gasteiger partial charge in [0.15, 0.2) is 11.5 Å². The Balaban J connectivity index is 2.23. The Morgan fingerprint density at radius 1 is 1.17 bits per heavy atom. The Kier molecular flexibility index (Phi) is 5.21. The van der Waals surface area contributed by atoms with Gasteiger partial charge in [-0.2, -0.15) is 5.26 Å². The van der Waals surface area contributed by atoms with Crippen LogP contribution in [-0.4, -0.2) is 32.1 Å². The molecule has 0 bridgehead atoms. The number of carbonyl (C=O) groups is 1. The van der Waals surface area contributed by atoms with Gasteiger partial charge in [0, 0.05) is 24.7 Å². The van der Waals surface area contributed by atoms with E-state index >= 15 is 0 Å². The van der Waals surface area contributed by atoms with Gasteiger partial charge in [-0.1, -0.05) is 18.2 Å². The molecule has 118 valence electrons. The molecular weight excluding hydrogens is 292 g/mol. The van der Waals surface area contributed by atoms with Crippen molar-refractivity contribution in [2.45, 2.75) is 6.54 Å². The highest BCUT2D eigenvalue weighted by atomic mass is 16.5. The van der Waals surface area contributed by atoms with E-state index in [1.165, 1.54) is 0 Å². The van der Waals surface area contributed by atoms with Gasteiger partial charge in [0.25, 0.3) is 5.91 Å². The van der Waals surface area contributed by atoms with Gasteiger partial charge < -0.3 is 14.4 Å². The molecule has 2 aromatic carbocycles. The molecule has 2 aromatic rings. The second kappa shape index (κ2) is 7.32. The van der Waals surface area contributed by atoms with E-state index in [1.54, 1.807) is 56.5 Å². The average molecular weight is 310 g/mol. The first-order valence-corrected chi connectivity index (χ1v) is 7.06. The fourth-order valence-corrected chi connectivity index (χ4v) is 2.35. The zero-order chi connectivity index (χ0) is 16.8. The van der Waals surface area contributed by atoms with E-state index in [0.717, 1.165) is 5.56 Å². The fourth-order valence-electron chi connectivity index (χ4n) is 2.35. The van der Waals surface area contributed by atoms with Crippen molar-refractivity contribution in [3.63, 3.8) is 0 Å². The first-order chi connectivity index (χ1) is 11.1. The van der Waals surface area contributed by atoms with E-state index in [1.807, 2.05) is 18.2 Å². The van der Waals surface area contributed by atoms with Gasteiger partial charge in [0.2, 0.25) is 0 Å². The van der Waals surface area contributed by atoms with Crippen LogP contribution in [0, 0.1) is 11.3 Å². The van der Waals surface area contributed by atoms with Crippen LogP contribution in [0.15, 0.2) is 42.5 Å². The van der Waals surface area contributed by atoms with Crippen molar-refractivity contribution >= 4 is 5.91 Å². The number of para-hydroxylation sites is 1. The van der Waals surface area contributed by atoms with E-state index in [2.05, 4.69) is 0 Å². The number of rotatable bonds is 5.